The molecule has 0 radical (unpaired) electrons. The van der Waals surface area contributed by atoms with E-state index >= 15 is 0 Å². The first-order valence-electron chi connectivity index (χ1n) is 8.16. The van der Waals surface area contributed by atoms with Gasteiger partial charge in [0.25, 0.3) is 5.91 Å². The number of anilines is 2. The number of carbonyl (C=O) groups excluding carboxylic acids is 1. The van der Waals surface area contributed by atoms with Crippen molar-refractivity contribution >= 4 is 27.4 Å². The monoisotopic (exact) mass is 398 g/mol. The molecule has 0 saturated carbocycles. The van der Waals surface area contributed by atoms with Crippen LogP contribution in [0.1, 0.15) is 10.5 Å². The predicted octanol–water partition coefficient (Wildman–Crippen LogP) is 1.62. The minimum atomic E-state index is -3.53. The van der Waals surface area contributed by atoms with Gasteiger partial charge in [0.2, 0.25) is 10.0 Å². The Morgan fingerprint density at radius 1 is 1.11 bits per heavy atom. The van der Waals surface area contributed by atoms with Crippen molar-refractivity contribution in [1.82, 2.24) is 19.3 Å². The van der Waals surface area contributed by atoms with E-state index in [1.165, 1.54) is 38.6 Å². The summed E-state index contributed by atoms with van der Waals surface area (Å²) >= 11 is 0. The van der Waals surface area contributed by atoms with Crippen molar-refractivity contribution in [3.05, 3.63) is 60.7 Å². The number of amides is 1. The summed E-state index contributed by atoms with van der Waals surface area (Å²) in [4.78, 5) is 24.9. The van der Waals surface area contributed by atoms with Gasteiger partial charge < -0.3 is 11.1 Å². The molecule has 0 aliphatic carbocycles. The van der Waals surface area contributed by atoms with Crippen LogP contribution in [0, 0.1) is 0 Å². The Balaban J connectivity index is 1.90. The normalized spacial score (nSPS) is 11.4. The van der Waals surface area contributed by atoms with Crippen molar-refractivity contribution < 1.29 is 13.2 Å². The molecule has 2 aromatic heterocycles. The van der Waals surface area contributed by atoms with Crippen LogP contribution >= 0.6 is 0 Å². The van der Waals surface area contributed by atoms with Gasteiger partial charge in [-0.3, -0.25) is 9.78 Å². The molecule has 3 aromatic rings. The number of nitrogens with two attached hydrogens (primary N) is 1. The van der Waals surface area contributed by atoms with E-state index in [0.717, 1.165) is 4.31 Å². The number of aromatic nitrogens is 3. The van der Waals surface area contributed by atoms with Gasteiger partial charge in [0.05, 0.1) is 28.7 Å². The quantitative estimate of drug-likeness (QED) is 0.667. The van der Waals surface area contributed by atoms with Crippen molar-refractivity contribution in [3.63, 3.8) is 0 Å². The number of hydrogen-bond acceptors (Lipinski definition) is 7. The molecule has 1 amide bonds. The maximum absolute atomic E-state index is 12.5. The number of hydrogen-bond donors (Lipinski definition) is 2. The van der Waals surface area contributed by atoms with Crippen LogP contribution in [0.5, 0.6) is 0 Å². The van der Waals surface area contributed by atoms with Crippen LogP contribution in [0.3, 0.4) is 0 Å². The molecule has 0 atom stereocenters. The molecule has 1 aromatic carbocycles. The lowest BCUT2D eigenvalue weighted by molar-refractivity contribution is 0.102. The third-order valence-electron chi connectivity index (χ3n) is 3.86. The van der Waals surface area contributed by atoms with Gasteiger partial charge in [-0.25, -0.2) is 22.7 Å². The second-order valence-corrected chi connectivity index (χ2v) is 8.15. The zero-order chi connectivity index (χ0) is 20.3. The van der Waals surface area contributed by atoms with Crippen molar-refractivity contribution in [2.24, 2.45) is 0 Å². The predicted molar refractivity (Wildman–Crippen MR) is 105 cm³/mol. The summed E-state index contributed by atoms with van der Waals surface area (Å²) in [6.45, 7) is 0. The highest BCUT2D eigenvalue weighted by molar-refractivity contribution is 7.89. The van der Waals surface area contributed by atoms with Crippen LogP contribution in [0.15, 0.2) is 59.9 Å². The number of nitrogens with one attached hydrogen (secondary N) is 1. The van der Waals surface area contributed by atoms with Gasteiger partial charge in [-0.15, -0.1) is 0 Å². The zero-order valence-electron chi connectivity index (χ0n) is 15.2. The third-order valence-corrected chi connectivity index (χ3v) is 5.69. The molecular formula is C18H18N6O3S. The molecule has 0 fully saturated rings. The molecule has 2 heterocycles. The maximum Gasteiger partial charge on any atom is 0.278 e. The molecule has 0 aliphatic rings. The number of sulfonamides is 1. The van der Waals surface area contributed by atoms with E-state index < -0.39 is 15.9 Å². The van der Waals surface area contributed by atoms with E-state index in [2.05, 4.69) is 20.3 Å². The average Bonchev–Trinajstić information content (AvgIpc) is 2.69. The smallest absolute Gasteiger partial charge is 0.278 e. The molecule has 28 heavy (non-hydrogen) atoms. The highest BCUT2D eigenvalue weighted by Gasteiger charge is 2.18. The Hall–Kier alpha value is -3.37. The number of nitrogens with zero attached hydrogens (tertiary/aromatic N) is 4. The number of carbonyl (C=O) groups is 1. The van der Waals surface area contributed by atoms with E-state index in [1.807, 2.05) is 0 Å². The van der Waals surface area contributed by atoms with E-state index in [1.54, 1.807) is 30.5 Å². The fourth-order valence-electron chi connectivity index (χ4n) is 2.34. The Kier molecular flexibility index (Phi) is 5.34. The first-order valence-corrected chi connectivity index (χ1v) is 9.60. The molecule has 10 heteroatoms. The van der Waals surface area contributed by atoms with Crippen molar-refractivity contribution in [2.45, 2.75) is 4.90 Å². The lowest BCUT2D eigenvalue weighted by Crippen LogP contribution is -2.22. The highest BCUT2D eigenvalue weighted by atomic mass is 32.2. The van der Waals surface area contributed by atoms with Crippen molar-refractivity contribution in [2.75, 3.05) is 25.1 Å². The van der Waals surface area contributed by atoms with E-state index in [4.69, 9.17) is 5.73 Å². The van der Waals surface area contributed by atoms with Gasteiger partial charge in [0.1, 0.15) is 0 Å². The molecule has 0 aliphatic heterocycles. The summed E-state index contributed by atoms with van der Waals surface area (Å²) in [5.41, 5.74) is 7.25. The first kappa shape index (κ1) is 19.4. The molecule has 3 N–H and O–H groups in total. The molecule has 0 saturated heterocycles. The zero-order valence-corrected chi connectivity index (χ0v) is 16.0. The molecule has 0 spiro atoms. The molecule has 144 valence electrons. The summed E-state index contributed by atoms with van der Waals surface area (Å²) < 4.78 is 25.5. The van der Waals surface area contributed by atoms with Gasteiger partial charge >= 0.3 is 0 Å². The Morgan fingerprint density at radius 3 is 2.43 bits per heavy atom. The van der Waals surface area contributed by atoms with Crippen LogP contribution in [0.4, 0.5) is 11.5 Å². The number of nitrogen functional groups attached to an aromatic ring is 1. The largest absolute Gasteiger partial charge is 0.382 e. The van der Waals surface area contributed by atoms with Gasteiger partial charge in [-0.1, -0.05) is 12.1 Å². The molecule has 3 rings (SSSR count). The standard InChI is InChI=1S/C18H18N6O3S/c1-24(2)28(26,27)14-7-5-12(6-8-14)15-11-21-17(19)16(23-15)18(25)22-13-4-3-9-20-10-13/h3-11H,1-2H3,(H2,19,21)(H,22,25). The minimum Gasteiger partial charge on any atom is -0.382 e. The first-order chi connectivity index (χ1) is 13.3. The SMILES string of the molecule is CN(C)S(=O)(=O)c1ccc(-c2cnc(N)c(C(=O)Nc3cccnc3)n2)cc1. The Labute approximate surface area is 162 Å². The van der Waals surface area contributed by atoms with Gasteiger partial charge in [0, 0.05) is 25.9 Å². The summed E-state index contributed by atoms with van der Waals surface area (Å²) in [7, 11) is -0.611. The molecule has 0 bridgehead atoms. The second-order valence-electron chi connectivity index (χ2n) is 6.00. The van der Waals surface area contributed by atoms with E-state index in [-0.39, 0.29) is 16.4 Å². The number of rotatable bonds is 5. The summed E-state index contributed by atoms with van der Waals surface area (Å²) in [6, 6.07) is 9.50. The molecular weight excluding hydrogens is 380 g/mol. The van der Waals surface area contributed by atoms with Gasteiger partial charge in [-0.2, -0.15) is 0 Å². The van der Waals surface area contributed by atoms with Crippen LogP contribution in [-0.4, -0.2) is 47.7 Å². The average molecular weight is 398 g/mol. The number of benzene rings is 1. The van der Waals surface area contributed by atoms with E-state index in [0.29, 0.717) is 16.9 Å². The summed E-state index contributed by atoms with van der Waals surface area (Å²) in [5.74, 6) is -0.538. The second kappa shape index (κ2) is 7.71. The summed E-state index contributed by atoms with van der Waals surface area (Å²) in [6.07, 6.45) is 4.51. The fourth-order valence-corrected chi connectivity index (χ4v) is 3.24. The Bertz CT molecular complexity index is 1100. The molecule has 0 unspecified atom stereocenters. The van der Waals surface area contributed by atoms with Crippen molar-refractivity contribution in [3.8, 4) is 11.3 Å². The summed E-state index contributed by atoms with van der Waals surface area (Å²) in [5, 5.41) is 2.65. The van der Waals surface area contributed by atoms with E-state index in [9.17, 15) is 13.2 Å². The fraction of sp³-hybridized carbons (Fsp3) is 0.111. The Morgan fingerprint density at radius 2 is 1.82 bits per heavy atom. The third kappa shape index (κ3) is 3.97. The number of pyridine rings is 1. The lowest BCUT2D eigenvalue weighted by Gasteiger charge is -2.12. The van der Waals surface area contributed by atoms with Crippen LogP contribution in [-0.2, 0) is 10.0 Å². The van der Waals surface area contributed by atoms with Gasteiger partial charge in [-0.05, 0) is 24.3 Å². The van der Waals surface area contributed by atoms with Crippen molar-refractivity contribution in [1.29, 1.82) is 0 Å². The van der Waals surface area contributed by atoms with Crippen LogP contribution < -0.4 is 11.1 Å². The molecule has 9 nitrogen and oxygen atoms in total. The topological polar surface area (TPSA) is 131 Å². The minimum absolute atomic E-state index is 0.0167. The maximum atomic E-state index is 12.5. The van der Waals surface area contributed by atoms with Crippen LogP contribution in [0.2, 0.25) is 0 Å². The van der Waals surface area contributed by atoms with Crippen LogP contribution in [0.25, 0.3) is 11.3 Å². The lowest BCUT2D eigenvalue weighted by atomic mass is 10.1. The van der Waals surface area contributed by atoms with Gasteiger partial charge in [0.15, 0.2) is 11.5 Å². The highest BCUT2D eigenvalue weighted by Crippen LogP contribution is 2.22.